The van der Waals surface area contributed by atoms with Gasteiger partial charge in [-0.1, -0.05) is 23.7 Å². The van der Waals surface area contributed by atoms with Gasteiger partial charge in [0.25, 0.3) is 5.91 Å². The smallest absolute Gasteiger partial charge is 0.271 e. The Morgan fingerprint density at radius 2 is 2.00 bits per heavy atom. The van der Waals surface area contributed by atoms with E-state index in [0.29, 0.717) is 17.1 Å². The predicted molar refractivity (Wildman–Crippen MR) is 98.1 cm³/mol. The average molecular weight is 358 g/mol. The maximum atomic E-state index is 12.4. The first-order valence-electron chi connectivity index (χ1n) is 8.04. The molecule has 1 aromatic carbocycles. The second-order valence-electron chi connectivity index (χ2n) is 6.69. The molecule has 25 heavy (non-hydrogen) atoms. The molecule has 2 aromatic heterocycles. The molecule has 5 nitrogen and oxygen atoms in total. The van der Waals surface area contributed by atoms with Gasteiger partial charge in [0.1, 0.15) is 5.69 Å². The fraction of sp³-hybridized carbons (Fsp3) is 0.263. The highest BCUT2D eigenvalue weighted by Crippen LogP contribution is 2.19. The minimum Gasteiger partial charge on any atom is -0.389 e. The molecule has 0 spiro atoms. The SMILES string of the molecule is CC(C)(O)CNC(=O)c1cc(Cc2ccc(Cl)cc2)c2cccn2n1. The van der Waals surface area contributed by atoms with Crippen molar-refractivity contribution >= 4 is 23.0 Å². The van der Waals surface area contributed by atoms with Crippen LogP contribution in [0.5, 0.6) is 0 Å². The molecule has 0 aliphatic rings. The van der Waals surface area contributed by atoms with E-state index in [9.17, 15) is 9.90 Å². The largest absolute Gasteiger partial charge is 0.389 e. The van der Waals surface area contributed by atoms with Crippen molar-refractivity contribution in [2.45, 2.75) is 25.9 Å². The molecular weight excluding hydrogens is 338 g/mol. The summed E-state index contributed by atoms with van der Waals surface area (Å²) in [6, 6.07) is 13.3. The number of hydrogen-bond donors (Lipinski definition) is 2. The second-order valence-corrected chi connectivity index (χ2v) is 7.13. The Morgan fingerprint density at radius 3 is 2.68 bits per heavy atom. The predicted octanol–water partition coefficient (Wildman–Crippen LogP) is 3.08. The van der Waals surface area contributed by atoms with Gasteiger partial charge in [-0.15, -0.1) is 0 Å². The van der Waals surface area contributed by atoms with Crippen molar-refractivity contribution in [2.24, 2.45) is 0 Å². The summed E-state index contributed by atoms with van der Waals surface area (Å²) in [5.74, 6) is -0.310. The lowest BCUT2D eigenvalue weighted by Gasteiger charge is -2.17. The van der Waals surface area contributed by atoms with Crippen molar-refractivity contribution in [1.82, 2.24) is 14.9 Å². The van der Waals surface area contributed by atoms with E-state index in [4.69, 9.17) is 11.6 Å². The van der Waals surface area contributed by atoms with Crippen molar-refractivity contribution < 1.29 is 9.90 Å². The molecule has 0 unspecified atom stereocenters. The first-order valence-corrected chi connectivity index (χ1v) is 8.42. The van der Waals surface area contributed by atoms with Crippen molar-refractivity contribution in [1.29, 1.82) is 0 Å². The molecule has 0 atom stereocenters. The van der Waals surface area contributed by atoms with E-state index >= 15 is 0 Å². The highest BCUT2D eigenvalue weighted by Gasteiger charge is 2.17. The summed E-state index contributed by atoms with van der Waals surface area (Å²) in [6.45, 7) is 3.44. The number of rotatable bonds is 5. The molecule has 3 rings (SSSR count). The molecular formula is C19H20ClN3O2. The summed E-state index contributed by atoms with van der Waals surface area (Å²) in [6.07, 6.45) is 2.48. The van der Waals surface area contributed by atoms with Gasteiger partial charge in [-0.2, -0.15) is 5.10 Å². The molecule has 130 valence electrons. The first kappa shape index (κ1) is 17.5. The summed E-state index contributed by atoms with van der Waals surface area (Å²) in [5.41, 5.74) is 2.39. The maximum Gasteiger partial charge on any atom is 0.271 e. The van der Waals surface area contributed by atoms with Gasteiger partial charge < -0.3 is 10.4 Å². The van der Waals surface area contributed by atoms with Gasteiger partial charge in [-0.3, -0.25) is 4.79 Å². The van der Waals surface area contributed by atoms with Crippen LogP contribution in [-0.4, -0.2) is 32.8 Å². The number of carbonyl (C=O) groups is 1. The van der Waals surface area contributed by atoms with Gasteiger partial charge >= 0.3 is 0 Å². The Balaban J connectivity index is 1.90. The molecule has 0 aliphatic heterocycles. The van der Waals surface area contributed by atoms with Crippen LogP contribution in [0.2, 0.25) is 5.02 Å². The quantitative estimate of drug-likeness (QED) is 0.737. The molecule has 0 radical (unpaired) electrons. The van der Waals surface area contributed by atoms with Crippen LogP contribution >= 0.6 is 11.6 Å². The Hall–Kier alpha value is -2.37. The van der Waals surface area contributed by atoms with Crippen LogP contribution in [0.4, 0.5) is 0 Å². The number of nitrogens with zero attached hydrogens (tertiary/aromatic N) is 2. The van der Waals surface area contributed by atoms with Crippen molar-refractivity contribution in [3.63, 3.8) is 0 Å². The van der Waals surface area contributed by atoms with Crippen LogP contribution in [0.3, 0.4) is 0 Å². The lowest BCUT2D eigenvalue weighted by Crippen LogP contribution is -2.38. The highest BCUT2D eigenvalue weighted by atomic mass is 35.5. The third kappa shape index (κ3) is 4.38. The third-order valence-corrected chi connectivity index (χ3v) is 4.06. The molecule has 1 amide bonds. The van der Waals surface area contributed by atoms with Crippen LogP contribution < -0.4 is 5.32 Å². The lowest BCUT2D eigenvalue weighted by molar-refractivity contribution is 0.0691. The molecule has 0 aliphatic carbocycles. The average Bonchev–Trinajstić information content (AvgIpc) is 3.03. The van der Waals surface area contributed by atoms with Gasteiger partial charge in [0.05, 0.1) is 11.1 Å². The zero-order valence-electron chi connectivity index (χ0n) is 14.2. The van der Waals surface area contributed by atoms with Gasteiger partial charge in [-0.05, 0) is 61.7 Å². The summed E-state index contributed by atoms with van der Waals surface area (Å²) >= 11 is 5.94. The van der Waals surface area contributed by atoms with E-state index in [0.717, 1.165) is 16.6 Å². The fourth-order valence-corrected chi connectivity index (χ4v) is 2.69. The number of benzene rings is 1. The van der Waals surface area contributed by atoms with Crippen molar-refractivity contribution in [2.75, 3.05) is 6.54 Å². The number of fused-ring (bicyclic) bond motifs is 1. The maximum absolute atomic E-state index is 12.4. The van der Waals surface area contributed by atoms with E-state index in [-0.39, 0.29) is 12.5 Å². The Morgan fingerprint density at radius 1 is 1.28 bits per heavy atom. The second kappa shape index (κ2) is 6.86. The number of nitrogens with one attached hydrogen (secondary N) is 1. The molecule has 0 fully saturated rings. The van der Waals surface area contributed by atoms with Gasteiger partial charge in [0.2, 0.25) is 0 Å². The Kier molecular flexibility index (Phi) is 4.79. The van der Waals surface area contributed by atoms with E-state index in [1.54, 1.807) is 24.4 Å². The van der Waals surface area contributed by atoms with Gasteiger partial charge in [0, 0.05) is 17.8 Å². The van der Waals surface area contributed by atoms with E-state index < -0.39 is 5.60 Å². The fourth-order valence-electron chi connectivity index (χ4n) is 2.56. The number of carbonyl (C=O) groups excluding carboxylic acids is 1. The van der Waals surface area contributed by atoms with Crippen molar-refractivity contribution in [3.8, 4) is 0 Å². The molecule has 2 heterocycles. The van der Waals surface area contributed by atoms with E-state index in [1.165, 1.54) is 0 Å². The summed E-state index contributed by atoms with van der Waals surface area (Å²) in [5, 5.41) is 17.5. The topological polar surface area (TPSA) is 66.6 Å². The van der Waals surface area contributed by atoms with Crippen LogP contribution in [-0.2, 0) is 6.42 Å². The zero-order valence-corrected chi connectivity index (χ0v) is 14.9. The Labute approximate surface area is 151 Å². The minimum atomic E-state index is -0.973. The van der Waals surface area contributed by atoms with Gasteiger partial charge in [-0.25, -0.2) is 4.52 Å². The van der Waals surface area contributed by atoms with Gasteiger partial charge in [0.15, 0.2) is 0 Å². The monoisotopic (exact) mass is 357 g/mol. The zero-order chi connectivity index (χ0) is 18.0. The van der Waals surface area contributed by atoms with Crippen LogP contribution in [0, 0.1) is 0 Å². The van der Waals surface area contributed by atoms with Crippen LogP contribution in [0.25, 0.3) is 5.52 Å². The molecule has 0 saturated carbocycles. The first-order chi connectivity index (χ1) is 11.8. The summed E-state index contributed by atoms with van der Waals surface area (Å²) in [7, 11) is 0. The lowest BCUT2D eigenvalue weighted by atomic mass is 10.0. The van der Waals surface area contributed by atoms with E-state index in [2.05, 4.69) is 10.4 Å². The standard InChI is InChI=1S/C19H20ClN3O2/c1-19(2,25)12-21-18(24)16-11-14(17-4-3-9-23(17)22-16)10-13-5-7-15(20)8-6-13/h3-9,11,25H,10,12H2,1-2H3,(H,21,24). The number of halogens is 1. The Bertz CT molecular complexity index is 895. The molecule has 6 heteroatoms. The number of aromatic nitrogens is 2. The molecule has 0 saturated heterocycles. The number of aliphatic hydroxyl groups is 1. The summed E-state index contributed by atoms with van der Waals surface area (Å²) < 4.78 is 1.70. The minimum absolute atomic E-state index is 0.156. The van der Waals surface area contributed by atoms with Crippen LogP contribution in [0.15, 0.2) is 48.7 Å². The highest BCUT2D eigenvalue weighted by molar-refractivity contribution is 6.30. The molecule has 3 aromatic rings. The summed E-state index contributed by atoms with van der Waals surface area (Å²) in [4.78, 5) is 12.4. The van der Waals surface area contributed by atoms with E-state index in [1.807, 2.05) is 42.6 Å². The third-order valence-electron chi connectivity index (χ3n) is 3.81. The van der Waals surface area contributed by atoms with Crippen molar-refractivity contribution in [3.05, 3.63) is 70.5 Å². The molecule has 0 bridgehead atoms. The number of amides is 1. The number of hydrogen-bond acceptors (Lipinski definition) is 3. The normalized spacial score (nSPS) is 11.7. The molecule has 2 N–H and O–H groups in total. The van der Waals surface area contributed by atoms with Crippen LogP contribution in [0.1, 0.15) is 35.5 Å².